The SMILES string of the molecule is O=Cc1cc2c(cc1O)[C@@]13CCCC[C@H]1[C@@H](C2)N(CC1CCC1)CC3. The number of fused-ring (bicyclic) bond motifs is 1. The minimum Gasteiger partial charge on any atom is -0.507 e. The van der Waals surface area contributed by atoms with E-state index in [-0.39, 0.29) is 11.2 Å². The van der Waals surface area contributed by atoms with Crippen molar-refractivity contribution in [2.24, 2.45) is 11.8 Å². The highest BCUT2D eigenvalue weighted by atomic mass is 16.3. The van der Waals surface area contributed by atoms with Crippen LogP contribution in [0.5, 0.6) is 5.75 Å². The minimum absolute atomic E-state index is 0.183. The quantitative estimate of drug-likeness (QED) is 0.844. The second-order valence-corrected chi connectivity index (χ2v) is 9.01. The van der Waals surface area contributed by atoms with Crippen LogP contribution in [0.4, 0.5) is 0 Å². The van der Waals surface area contributed by atoms with Crippen LogP contribution in [0, 0.1) is 11.8 Å². The number of aromatic hydroxyl groups is 1. The molecule has 2 bridgehead atoms. The molecule has 134 valence electrons. The molecule has 1 aliphatic heterocycles. The fourth-order valence-electron chi connectivity index (χ4n) is 6.48. The average molecular weight is 339 g/mol. The Kier molecular flexibility index (Phi) is 3.70. The van der Waals surface area contributed by atoms with E-state index in [1.807, 2.05) is 12.1 Å². The van der Waals surface area contributed by atoms with E-state index < -0.39 is 0 Å². The second-order valence-electron chi connectivity index (χ2n) is 9.01. The van der Waals surface area contributed by atoms with Gasteiger partial charge in [0, 0.05) is 18.0 Å². The number of hydrogen-bond donors (Lipinski definition) is 1. The van der Waals surface area contributed by atoms with Gasteiger partial charge in [-0.25, -0.2) is 0 Å². The van der Waals surface area contributed by atoms with Crippen LogP contribution in [-0.2, 0) is 11.8 Å². The molecule has 3 nitrogen and oxygen atoms in total. The summed E-state index contributed by atoms with van der Waals surface area (Å²) >= 11 is 0. The summed E-state index contributed by atoms with van der Waals surface area (Å²) in [5.41, 5.74) is 3.43. The topological polar surface area (TPSA) is 40.5 Å². The number of carbonyl (C=O) groups excluding carboxylic acids is 1. The lowest BCUT2D eigenvalue weighted by Gasteiger charge is -2.59. The van der Waals surface area contributed by atoms with Gasteiger partial charge in [0.25, 0.3) is 0 Å². The Bertz CT molecular complexity index is 696. The van der Waals surface area contributed by atoms with Gasteiger partial charge in [-0.15, -0.1) is 0 Å². The molecule has 1 aromatic carbocycles. The summed E-state index contributed by atoms with van der Waals surface area (Å²) in [5, 5.41) is 10.3. The molecule has 0 amide bonds. The molecule has 0 aromatic heterocycles. The Balaban J connectivity index is 1.56. The number of phenolic OH excluding ortho intramolecular Hbond substituents is 1. The fraction of sp³-hybridized carbons (Fsp3) is 0.682. The molecule has 3 fully saturated rings. The Labute approximate surface area is 150 Å². The summed E-state index contributed by atoms with van der Waals surface area (Å²) < 4.78 is 0. The molecule has 2 saturated carbocycles. The summed E-state index contributed by atoms with van der Waals surface area (Å²) in [7, 11) is 0. The van der Waals surface area contributed by atoms with E-state index in [9.17, 15) is 9.90 Å². The first-order valence-electron chi connectivity index (χ1n) is 10.3. The van der Waals surface area contributed by atoms with Crippen molar-refractivity contribution in [3.8, 4) is 5.75 Å². The number of hydrogen-bond acceptors (Lipinski definition) is 3. The van der Waals surface area contributed by atoms with E-state index >= 15 is 0 Å². The van der Waals surface area contributed by atoms with Crippen LogP contribution >= 0.6 is 0 Å². The smallest absolute Gasteiger partial charge is 0.153 e. The van der Waals surface area contributed by atoms with Crippen molar-refractivity contribution in [3.63, 3.8) is 0 Å². The van der Waals surface area contributed by atoms with Crippen LogP contribution < -0.4 is 0 Å². The second kappa shape index (κ2) is 5.84. The van der Waals surface area contributed by atoms with Gasteiger partial charge in [-0.3, -0.25) is 9.69 Å². The molecule has 25 heavy (non-hydrogen) atoms. The number of rotatable bonds is 3. The van der Waals surface area contributed by atoms with Crippen LogP contribution in [0.2, 0.25) is 0 Å². The lowest BCUT2D eigenvalue weighted by molar-refractivity contribution is -0.0240. The monoisotopic (exact) mass is 339 g/mol. The summed E-state index contributed by atoms with van der Waals surface area (Å²) in [6, 6.07) is 4.59. The first-order chi connectivity index (χ1) is 12.2. The number of phenols is 1. The summed E-state index contributed by atoms with van der Waals surface area (Å²) in [6.07, 6.45) is 12.6. The van der Waals surface area contributed by atoms with Crippen LogP contribution in [0.25, 0.3) is 0 Å². The minimum atomic E-state index is 0.183. The molecule has 1 saturated heterocycles. The average Bonchev–Trinajstić information content (AvgIpc) is 2.59. The molecular formula is C22H29NO2. The van der Waals surface area contributed by atoms with E-state index in [4.69, 9.17) is 0 Å². The zero-order valence-corrected chi connectivity index (χ0v) is 15.0. The third-order valence-corrected chi connectivity index (χ3v) is 7.94. The standard InChI is InChI=1S/C22H29NO2/c24-14-17-10-16-11-20-18-6-1-2-7-22(18,19(16)12-21(17)25)8-9-23(20)13-15-4-3-5-15/h10,12,14-15,18,20,25H,1-9,11,13H2/t18-,20+,22+/m0/s1. The molecule has 1 aromatic rings. The van der Waals surface area contributed by atoms with Crippen molar-refractivity contribution in [1.82, 2.24) is 4.90 Å². The van der Waals surface area contributed by atoms with Crippen LogP contribution in [-0.4, -0.2) is 35.4 Å². The lowest BCUT2D eigenvalue weighted by atomic mass is 9.52. The predicted molar refractivity (Wildman–Crippen MR) is 98.2 cm³/mol. The van der Waals surface area contributed by atoms with Crippen molar-refractivity contribution in [3.05, 3.63) is 28.8 Å². The van der Waals surface area contributed by atoms with Gasteiger partial charge in [-0.05, 0) is 80.2 Å². The molecule has 1 heterocycles. The molecule has 0 unspecified atom stereocenters. The number of benzene rings is 1. The Hall–Kier alpha value is -1.35. The van der Waals surface area contributed by atoms with E-state index in [0.29, 0.717) is 11.6 Å². The maximum atomic E-state index is 11.3. The van der Waals surface area contributed by atoms with E-state index in [2.05, 4.69) is 4.90 Å². The first-order valence-corrected chi connectivity index (χ1v) is 10.3. The van der Waals surface area contributed by atoms with Gasteiger partial charge in [0.05, 0.1) is 5.56 Å². The number of piperidine rings is 1. The van der Waals surface area contributed by atoms with Crippen molar-refractivity contribution in [1.29, 1.82) is 0 Å². The maximum absolute atomic E-state index is 11.3. The van der Waals surface area contributed by atoms with E-state index in [1.54, 1.807) is 0 Å². The van der Waals surface area contributed by atoms with Gasteiger partial charge in [-0.1, -0.05) is 19.3 Å². The van der Waals surface area contributed by atoms with Crippen LogP contribution in [0.1, 0.15) is 72.9 Å². The highest BCUT2D eigenvalue weighted by Gasteiger charge is 2.54. The lowest BCUT2D eigenvalue weighted by Crippen LogP contribution is -2.61. The Morgan fingerprint density at radius 3 is 2.80 bits per heavy atom. The highest BCUT2D eigenvalue weighted by molar-refractivity contribution is 5.80. The number of carbonyl (C=O) groups is 1. The van der Waals surface area contributed by atoms with Gasteiger partial charge >= 0.3 is 0 Å². The molecule has 0 spiro atoms. The fourth-order valence-corrected chi connectivity index (χ4v) is 6.48. The molecule has 5 rings (SSSR count). The zero-order valence-electron chi connectivity index (χ0n) is 15.0. The molecule has 3 heteroatoms. The maximum Gasteiger partial charge on any atom is 0.153 e. The third kappa shape index (κ3) is 2.31. The molecule has 1 N–H and O–H groups in total. The van der Waals surface area contributed by atoms with Gasteiger partial charge in [0.2, 0.25) is 0 Å². The normalized spacial score (nSPS) is 34.7. The van der Waals surface area contributed by atoms with E-state index in [0.717, 1.165) is 24.5 Å². The number of likely N-dealkylation sites (tertiary alicyclic amines) is 1. The molecule has 4 aliphatic rings. The molecule has 3 aliphatic carbocycles. The van der Waals surface area contributed by atoms with E-state index in [1.165, 1.54) is 75.6 Å². The van der Waals surface area contributed by atoms with Crippen molar-refractivity contribution >= 4 is 6.29 Å². The Morgan fingerprint density at radius 2 is 2.04 bits per heavy atom. The van der Waals surface area contributed by atoms with Gasteiger partial charge in [0.1, 0.15) is 5.75 Å². The molecular weight excluding hydrogens is 310 g/mol. The third-order valence-electron chi connectivity index (χ3n) is 7.94. The predicted octanol–water partition coefficient (Wildman–Crippen LogP) is 4.06. The van der Waals surface area contributed by atoms with Crippen molar-refractivity contribution in [2.45, 2.75) is 69.2 Å². The zero-order chi connectivity index (χ0) is 17.0. The van der Waals surface area contributed by atoms with Crippen LogP contribution in [0.15, 0.2) is 12.1 Å². The van der Waals surface area contributed by atoms with Gasteiger partial charge < -0.3 is 5.11 Å². The first kappa shape index (κ1) is 15.9. The number of aldehydes is 1. The summed E-state index contributed by atoms with van der Waals surface area (Å²) in [5.74, 6) is 1.84. The van der Waals surface area contributed by atoms with Crippen molar-refractivity contribution in [2.75, 3.05) is 13.1 Å². The Morgan fingerprint density at radius 1 is 1.16 bits per heavy atom. The number of nitrogens with zero attached hydrogens (tertiary/aromatic N) is 1. The van der Waals surface area contributed by atoms with Gasteiger partial charge in [0.15, 0.2) is 6.29 Å². The largest absolute Gasteiger partial charge is 0.507 e. The highest BCUT2D eigenvalue weighted by Crippen LogP contribution is 2.56. The van der Waals surface area contributed by atoms with Crippen LogP contribution in [0.3, 0.4) is 0 Å². The summed E-state index contributed by atoms with van der Waals surface area (Å²) in [4.78, 5) is 14.1. The van der Waals surface area contributed by atoms with Crippen molar-refractivity contribution < 1.29 is 9.90 Å². The summed E-state index contributed by atoms with van der Waals surface area (Å²) in [6.45, 7) is 2.50. The van der Waals surface area contributed by atoms with Gasteiger partial charge in [-0.2, -0.15) is 0 Å². The molecule has 0 radical (unpaired) electrons. The molecule has 3 atom stereocenters.